The summed E-state index contributed by atoms with van der Waals surface area (Å²) in [4.78, 5) is 11.6. The van der Waals surface area contributed by atoms with Crippen LogP contribution in [0.15, 0.2) is 30.6 Å². The summed E-state index contributed by atoms with van der Waals surface area (Å²) in [6.07, 6.45) is 7.48. The number of aryl methyl sites for hydroxylation is 2. The van der Waals surface area contributed by atoms with Crippen molar-refractivity contribution in [2.24, 2.45) is 0 Å². The SMILES string of the molecule is CCCOc1ccccc1Nc1ncnc2sc3c(c12)CCCC3. The first-order chi connectivity index (χ1) is 11.9. The van der Waals surface area contributed by atoms with Crippen molar-refractivity contribution in [3.63, 3.8) is 0 Å². The molecule has 0 unspecified atom stereocenters. The van der Waals surface area contributed by atoms with Crippen molar-refractivity contribution in [1.29, 1.82) is 0 Å². The zero-order valence-electron chi connectivity index (χ0n) is 13.8. The molecule has 0 saturated carbocycles. The second kappa shape index (κ2) is 6.77. The second-order valence-corrected chi connectivity index (χ2v) is 7.17. The lowest BCUT2D eigenvalue weighted by atomic mass is 9.97. The quantitative estimate of drug-likeness (QED) is 0.702. The summed E-state index contributed by atoms with van der Waals surface area (Å²) in [5.41, 5.74) is 2.40. The van der Waals surface area contributed by atoms with Gasteiger partial charge in [-0.3, -0.25) is 0 Å². The van der Waals surface area contributed by atoms with Gasteiger partial charge in [-0.2, -0.15) is 0 Å². The number of nitrogens with zero attached hydrogens (tertiary/aromatic N) is 2. The molecule has 124 valence electrons. The van der Waals surface area contributed by atoms with Gasteiger partial charge in [0.1, 0.15) is 22.7 Å². The number of nitrogens with one attached hydrogen (secondary N) is 1. The Morgan fingerprint density at radius 2 is 2.04 bits per heavy atom. The molecule has 4 nitrogen and oxygen atoms in total. The van der Waals surface area contributed by atoms with Gasteiger partial charge in [-0.1, -0.05) is 19.1 Å². The molecule has 2 aromatic heterocycles. The van der Waals surface area contributed by atoms with E-state index < -0.39 is 0 Å². The molecule has 5 heteroatoms. The van der Waals surface area contributed by atoms with Crippen LogP contribution in [-0.2, 0) is 12.8 Å². The molecular formula is C19H21N3OS. The minimum Gasteiger partial charge on any atom is -0.491 e. The van der Waals surface area contributed by atoms with Gasteiger partial charge in [-0.05, 0) is 49.8 Å². The third-order valence-corrected chi connectivity index (χ3v) is 5.55. The highest BCUT2D eigenvalue weighted by Gasteiger charge is 2.20. The lowest BCUT2D eigenvalue weighted by Gasteiger charge is -2.14. The minimum atomic E-state index is 0.714. The van der Waals surface area contributed by atoms with Crippen LogP contribution in [0.2, 0.25) is 0 Å². The van der Waals surface area contributed by atoms with Gasteiger partial charge in [0.05, 0.1) is 17.7 Å². The number of rotatable bonds is 5. The fourth-order valence-electron chi connectivity index (χ4n) is 3.22. The van der Waals surface area contributed by atoms with Gasteiger partial charge in [0, 0.05) is 4.88 Å². The van der Waals surface area contributed by atoms with E-state index in [4.69, 9.17) is 4.74 Å². The van der Waals surface area contributed by atoms with Crippen molar-refractivity contribution in [3.8, 4) is 5.75 Å². The van der Waals surface area contributed by atoms with E-state index in [2.05, 4.69) is 22.2 Å². The van der Waals surface area contributed by atoms with Crippen LogP contribution in [-0.4, -0.2) is 16.6 Å². The molecule has 0 amide bonds. The zero-order valence-corrected chi connectivity index (χ0v) is 14.7. The Morgan fingerprint density at radius 1 is 1.17 bits per heavy atom. The Hall–Kier alpha value is -2.14. The standard InChI is InChI=1S/C19H21N3OS/c1-2-11-23-15-9-5-4-8-14(15)22-18-17-13-7-3-6-10-16(13)24-19(17)21-12-20-18/h4-5,8-9,12H,2-3,6-7,10-11H2,1H3,(H,20,21,22). The van der Waals surface area contributed by atoms with E-state index in [0.29, 0.717) is 6.61 Å². The van der Waals surface area contributed by atoms with Crippen LogP contribution in [0.25, 0.3) is 10.2 Å². The molecule has 1 aliphatic rings. The maximum atomic E-state index is 5.86. The Bertz CT molecular complexity index is 859. The van der Waals surface area contributed by atoms with Crippen LogP contribution in [0, 0.1) is 0 Å². The molecular weight excluding hydrogens is 318 g/mol. The van der Waals surface area contributed by atoms with E-state index in [1.165, 1.54) is 35.1 Å². The Balaban J connectivity index is 1.74. The summed E-state index contributed by atoms with van der Waals surface area (Å²) in [5.74, 6) is 1.77. The largest absolute Gasteiger partial charge is 0.491 e. The van der Waals surface area contributed by atoms with Gasteiger partial charge in [0.25, 0.3) is 0 Å². The number of aromatic nitrogens is 2. The van der Waals surface area contributed by atoms with Crippen LogP contribution >= 0.6 is 11.3 Å². The lowest BCUT2D eigenvalue weighted by Crippen LogP contribution is -2.03. The van der Waals surface area contributed by atoms with Gasteiger partial charge in [0.15, 0.2) is 0 Å². The third kappa shape index (κ3) is 2.84. The van der Waals surface area contributed by atoms with E-state index in [1.54, 1.807) is 6.33 Å². The lowest BCUT2D eigenvalue weighted by molar-refractivity contribution is 0.319. The van der Waals surface area contributed by atoms with Crippen LogP contribution in [0.5, 0.6) is 5.75 Å². The van der Waals surface area contributed by atoms with E-state index in [1.807, 2.05) is 35.6 Å². The summed E-state index contributed by atoms with van der Waals surface area (Å²) < 4.78 is 5.86. The molecule has 2 heterocycles. The van der Waals surface area contributed by atoms with Gasteiger partial charge in [-0.15, -0.1) is 11.3 Å². The van der Waals surface area contributed by atoms with Crippen LogP contribution in [0.1, 0.15) is 36.6 Å². The smallest absolute Gasteiger partial charge is 0.142 e. The molecule has 0 spiro atoms. The van der Waals surface area contributed by atoms with Crippen molar-refractivity contribution in [2.75, 3.05) is 11.9 Å². The number of anilines is 2. The van der Waals surface area contributed by atoms with Crippen molar-refractivity contribution in [2.45, 2.75) is 39.0 Å². The predicted molar refractivity (Wildman–Crippen MR) is 99.6 cm³/mol. The van der Waals surface area contributed by atoms with Crippen molar-refractivity contribution in [1.82, 2.24) is 9.97 Å². The molecule has 24 heavy (non-hydrogen) atoms. The van der Waals surface area contributed by atoms with Crippen LogP contribution in [0.3, 0.4) is 0 Å². The number of fused-ring (bicyclic) bond motifs is 3. The van der Waals surface area contributed by atoms with E-state index in [9.17, 15) is 0 Å². The molecule has 3 aromatic rings. The molecule has 0 radical (unpaired) electrons. The van der Waals surface area contributed by atoms with Crippen molar-refractivity contribution >= 4 is 33.1 Å². The maximum Gasteiger partial charge on any atom is 0.142 e. The predicted octanol–water partition coefficient (Wildman–Crippen LogP) is 5.10. The highest BCUT2D eigenvalue weighted by molar-refractivity contribution is 7.19. The summed E-state index contributed by atoms with van der Waals surface area (Å²) in [5, 5.41) is 4.69. The molecule has 1 N–H and O–H groups in total. The van der Waals surface area contributed by atoms with E-state index >= 15 is 0 Å². The molecule has 0 aliphatic heterocycles. The minimum absolute atomic E-state index is 0.714. The highest BCUT2D eigenvalue weighted by Crippen LogP contribution is 2.39. The van der Waals surface area contributed by atoms with Gasteiger partial charge in [-0.25, -0.2) is 9.97 Å². The second-order valence-electron chi connectivity index (χ2n) is 6.08. The maximum absolute atomic E-state index is 5.86. The molecule has 0 saturated heterocycles. The normalized spacial score (nSPS) is 13.7. The van der Waals surface area contributed by atoms with Crippen LogP contribution < -0.4 is 10.1 Å². The number of hydrogen-bond acceptors (Lipinski definition) is 5. The monoisotopic (exact) mass is 339 g/mol. The summed E-state index contributed by atoms with van der Waals surface area (Å²) in [7, 11) is 0. The van der Waals surface area contributed by atoms with Gasteiger partial charge in [0.2, 0.25) is 0 Å². The topological polar surface area (TPSA) is 47.0 Å². The summed E-state index contributed by atoms with van der Waals surface area (Å²) in [6, 6.07) is 8.05. The first-order valence-electron chi connectivity index (χ1n) is 8.61. The first-order valence-corrected chi connectivity index (χ1v) is 9.42. The highest BCUT2D eigenvalue weighted by atomic mass is 32.1. The molecule has 0 bridgehead atoms. The Morgan fingerprint density at radius 3 is 2.96 bits per heavy atom. The number of thiophene rings is 1. The van der Waals surface area contributed by atoms with Gasteiger partial charge < -0.3 is 10.1 Å². The first kappa shape index (κ1) is 15.4. The summed E-state index contributed by atoms with van der Waals surface area (Å²) >= 11 is 1.82. The number of ether oxygens (including phenoxy) is 1. The average molecular weight is 339 g/mol. The zero-order chi connectivity index (χ0) is 16.4. The van der Waals surface area contributed by atoms with Crippen molar-refractivity contribution < 1.29 is 4.74 Å². The summed E-state index contributed by atoms with van der Waals surface area (Å²) in [6.45, 7) is 2.83. The number of para-hydroxylation sites is 2. The fraction of sp³-hybridized carbons (Fsp3) is 0.368. The molecule has 1 aromatic carbocycles. The molecule has 4 rings (SSSR count). The van der Waals surface area contributed by atoms with E-state index in [-0.39, 0.29) is 0 Å². The fourth-order valence-corrected chi connectivity index (χ4v) is 4.45. The van der Waals surface area contributed by atoms with Crippen LogP contribution in [0.4, 0.5) is 11.5 Å². The molecule has 1 aliphatic carbocycles. The average Bonchev–Trinajstić information content (AvgIpc) is 3.00. The Kier molecular flexibility index (Phi) is 4.34. The Labute approximate surface area is 145 Å². The third-order valence-electron chi connectivity index (χ3n) is 4.35. The van der Waals surface area contributed by atoms with Gasteiger partial charge >= 0.3 is 0 Å². The molecule has 0 atom stereocenters. The van der Waals surface area contributed by atoms with Crippen molar-refractivity contribution in [3.05, 3.63) is 41.0 Å². The number of hydrogen-bond donors (Lipinski definition) is 1. The molecule has 0 fully saturated rings. The van der Waals surface area contributed by atoms with E-state index in [0.717, 1.165) is 34.9 Å². The number of benzene rings is 1.